The zero-order valence-electron chi connectivity index (χ0n) is 22.2. The van der Waals surface area contributed by atoms with Crippen molar-refractivity contribution in [3.05, 3.63) is 146 Å². The Morgan fingerprint density at radius 2 is 1.12 bits per heavy atom. The molecule has 8 rings (SSSR count). The minimum Gasteiger partial charge on any atom is -0.353 e. The molecule has 0 unspecified atom stereocenters. The van der Waals surface area contributed by atoms with Gasteiger partial charge in [0, 0.05) is 38.9 Å². The van der Waals surface area contributed by atoms with Gasteiger partial charge in [0.15, 0.2) is 0 Å². The molecule has 3 nitrogen and oxygen atoms in total. The molecule has 0 amide bonds. The van der Waals surface area contributed by atoms with Gasteiger partial charge in [-0.25, -0.2) is 4.98 Å². The Labute approximate surface area is 242 Å². The predicted octanol–water partition coefficient (Wildman–Crippen LogP) is 10.7. The highest BCUT2D eigenvalue weighted by Gasteiger charge is 2.15. The van der Waals surface area contributed by atoms with Crippen molar-refractivity contribution < 1.29 is 0 Å². The standard InChI is InChI=1S/C37H25N3S/c1-4-10-26(11-5-1)37-39-34-23-21-31-32-24-27(18-22-33(32)38-35(31)36(34)41-37)25-16-19-30(20-17-25)40(28-12-6-2-7-13-28)29-14-8-3-9-15-29/h1-24,38H. The maximum atomic E-state index is 4.93. The molecule has 0 fully saturated rings. The van der Waals surface area contributed by atoms with Gasteiger partial charge in [0.25, 0.3) is 0 Å². The van der Waals surface area contributed by atoms with Gasteiger partial charge in [-0.2, -0.15) is 0 Å². The van der Waals surface area contributed by atoms with E-state index in [1.54, 1.807) is 11.3 Å². The van der Waals surface area contributed by atoms with Crippen LogP contribution in [0, 0.1) is 0 Å². The highest BCUT2D eigenvalue weighted by Crippen LogP contribution is 2.39. The molecule has 41 heavy (non-hydrogen) atoms. The van der Waals surface area contributed by atoms with Gasteiger partial charge in [0.2, 0.25) is 0 Å². The lowest BCUT2D eigenvalue weighted by Gasteiger charge is -2.25. The number of anilines is 3. The average molecular weight is 544 g/mol. The van der Waals surface area contributed by atoms with Crippen molar-refractivity contribution in [2.75, 3.05) is 4.90 Å². The third kappa shape index (κ3) is 4.17. The fourth-order valence-electron chi connectivity index (χ4n) is 5.64. The first-order valence-corrected chi connectivity index (χ1v) is 14.5. The second kappa shape index (κ2) is 9.77. The predicted molar refractivity (Wildman–Crippen MR) is 175 cm³/mol. The second-order valence-corrected chi connectivity index (χ2v) is 11.2. The highest BCUT2D eigenvalue weighted by molar-refractivity contribution is 7.22. The molecule has 194 valence electrons. The minimum atomic E-state index is 1.03. The van der Waals surface area contributed by atoms with E-state index in [2.05, 4.69) is 149 Å². The fourth-order valence-corrected chi connectivity index (χ4v) is 6.71. The summed E-state index contributed by atoms with van der Waals surface area (Å²) in [6.45, 7) is 0. The topological polar surface area (TPSA) is 31.9 Å². The maximum absolute atomic E-state index is 4.93. The lowest BCUT2D eigenvalue weighted by Crippen LogP contribution is -2.09. The number of thiazole rings is 1. The number of hydrogen-bond donors (Lipinski definition) is 1. The first-order valence-electron chi connectivity index (χ1n) is 13.7. The van der Waals surface area contributed by atoms with Crippen molar-refractivity contribution in [2.24, 2.45) is 0 Å². The van der Waals surface area contributed by atoms with Gasteiger partial charge in [0.05, 0.1) is 15.7 Å². The summed E-state index contributed by atoms with van der Waals surface area (Å²) in [7, 11) is 0. The molecular formula is C37H25N3S. The normalized spacial score (nSPS) is 11.4. The smallest absolute Gasteiger partial charge is 0.124 e. The van der Waals surface area contributed by atoms with Crippen LogP contribution in [0.2, 0.25) is 0 Å². The SMILES string of the molecule is c1ccc(-c2nc3ccc4c5cc(-c6ccc(N(c7ccccc7)c7ccccc7)cc6)ccc5[nH]c4c3s2)cc1. The fraction of sp³-hybridized carbons (Fsp3) is 0. The Kier molecular flexibility index (Phi) is 5.64. The highest BCUT2D eigenvalue weighted by atomic mass is 32.1. The average Bonchev–Trinajstić information content (AvgIpc) is 3.65. The second-order valence-electron chi connectivity index (χ2n) is 10.2. The van der Waals surface area contributed by atoms with Crippen LogP contribution >= 0.6 is 11.3 Å². The maximum Gasteiger partial charge on any atom is 0.124 e. The minimum absolute atomic E-state index is 1.03. The zero-order valence-corrected chi connectivity index (χ0v) is 23.0. The Bertz CT molecular complexity index is 2090. The summed E-state index contributed by atoms with van der Waals surface area (Å²) in [6.07, 6.45) is 0. The van der Waals surface area contributed by atoms with Gasteiger partial charge >= 0.3 is 0 Å². The van der Waals surface area contributed by atoms with Gasteiger partial charge in [-0.1, -0.05) is 84.9 Å². The summed E-state index contributed by atoms with van der Waals surface area (Å²) in [6, 6.07) is 51.4. The van der Waals surface area contributed by atoms with Gasteiger partial charge in [-0.05, 0) is 71.8 Å². The summed E-state index contributed by atoms with van der Waals surface area (Å²) in [4.78, 5) is 10.9. The van der Waals surface area contributed by atoms with E-state index in [4.69, 9.17) is 4.98 Å². The number of aromatic amines is 1. The largest absolute Gasteiger partial charge is 0.353 e. The van der Waals surface area contributed by atoms with E-state index in [0.29, 0.717) is 0 Å². The van der Waals surface area contributed by atoms with E-state index in [-0.39, 0.29) is 0 Å². The number of benzene rings is 6. The van der Waals surface area contributed by atoms with Crippen LogP contribution in [0.4, 0.5) is 17.1 Å². The summed E-state index contributed by atoms with van der Waals surface area (Å²) in [5, 5.41) is 3.51. The van der Waals surface area contributed by atoms with E-state index < -0.39 is 0 Å². The van der Waals surface area contributed by atoms with Crippen molar-refractivity contribution >= 4 is 60.4 Å². The number of hydrogen-bond acceptors (Lipinski definition) is 3. The first-order chi connectivity index (χ1) is 20.3. The number of para-hydroxylation sites is 2. The zero-order chi connectivity index (χ0) is 27.2. The van der Waals surface area contributed by atoms with Gasteiger partial charge < -0.3 is 9.88 Å². The lowest BCUT2D eigenvalue weighted by atomic mass is 10.0. The molecule has 2 aromatic heterocycles. The molecule has 0 atom stereocenters. The molecule has 0 aliphatic carbocycles. The van der Waals surface area contributed by atoms with Crippen molar-refractivity contribution in [2.45, 2.75) is 0 Å². The quantitative estimate of drug-likeness (QED) is 0.234. The molecule has 0 aliphatic heterocycles. The third-order valence-corrected chi connectivity index (χ3v) is 8.77. The molecule has 0 saturated carbocycles. The van der Waals surface area contributed by atoms with Crippen molar-refractivity contribution in [1.82, 2.24) is 9.97 Å². The van der Waals surface area contributed by atoms with Crippen LogP contribution in [0.15, 0.2) is 146 Å². The number of H-pyrrole nitrogens is 1. The van der Waals surface area contributed by atoms with Crippen molar-refractivity contribution in [1.29, 1.82) is 0 Å². The molecule has 0 radical (unpaired) electrons. The Balaban J connectivity index is 1.19. The van der Waals surface area contributed by atoms with Crippen molar-refractivity contribution in [3.63, 3.8) is 0 Å². The molecule has 6 aromatic carbocycles. The molecule has 0 spiro atoms. The summed E-state index contributed by atoms with van der Waals surface area (Å²) in [5.74, 6) is 0. The first kappa shape index (κ1) is 23.7. The van der Waals surface area contributed by atoms with Crippen LogP contribution in [-0.4, -0.2) is 9.97 Å². The molecule has 1 N–H and O–H groups in total. The molecule has 0 bridgehead atoms. The molecular weight excluding hydrogens is 518 g/mol. The van der Waals surface area contributed by atoms with Crippen LogP contribution in [0.3, 0.4) is 0 Å². The van der Waals surface area contributed by atoms with Gasteiger partial charge in [0.1, 0.15) is 5.01 Å². The van der Waals surface area contributed by atoms with E-state index in [1.165, 1.54) is 26.6 Å². The number of aromatic nitrogens is 2. The molecule has 4 heteroatoms. The van der Waals surface area contributed by atoms with Gasteiger partial charge in [-0.3, -0.25) is 0 Å². The molecule has 0 aliphatic rings. The van der Waals surface area contributed by atoms with Crippen LogP contribution in [0.1, 0.15) is 0 Å². The molecule has 0 saturated heterocycles. The monoisotopic (exact) mass is 543 g/mol. The Hall–Kier alpha value is -5.19. The number of fused-ring (bicyclic) bond motifs is 5. The summed E-state index contributed by atoms with van der Waals surface area (Å²) < 4.78 is 1.20. The Morgan fingerprint density at radius 3 is 1.80 bits per heavy atom. The molecule has 2 heterocycles. The lowest BCUT2D eigenvalue weighted by molar-refractivity contribution is 1.28. The van der Waals surface area contributed by atoms with Gasteiger partial charge in [-0.15, -0.1) is 11.3 Å². The van der Waals surface area contributed by atoms with Crippen LogP contribution < -0.4 is 4.90 Å². The summed E-state index contributed by atoms with van der Waals surface area (Å²) in [5.41, 5.74) is 10.3. The third-order valence-electron chi connectivity index (χ3n) is 7.64. The van der Waals surface area contributed by atoms with E-state index in [1.807, 2.05) is 6.07 Å². The number of nitrogens with zero attached hydrogens (tertiary/aromatic N) is 2. The molecule has 8 aromatic rings. The van der Waals surface area contributed by atoms with Crippen LogP contribution in [0.5, 0.6) is 0 Å². The Morgan fingerprint density at radius 1 is 0.512 bits per heavy atom. The van der Waals surface area contributed by atoms with E-state index in [0.717, 1.165) is 44.2 Å². The number of rotatable bonds is 5. The van der Waals surface area contributed by atoms with E-state index in [9.17, 15) is 0 Å². The number of nitrogens with one attached hydrogen (secondary N) is 1. The van der Waals surface area contributed by atoms with Crippen LogP contribution in [-0.2, 0) is 0 Å². The van der Waals surface area contributed by atoms with Crippen molar-refractivity contribution in [3.8, 4) is 21.7 Å². The van der Waals surface area contributed by atoms with Crippen LogP contribution in [0.25, 0.3) is 53.7 Å². The van der Waals surface area contributed by atoms with E-state index >= 15 is 0 Å². The summed E-state index contributed by atoms with van der Waals surface area (Å²) >= 11 is 1.75.